The number of carbonyl (C=O) groups is 1. The van der Waals surface area contributed by atoms with E-state index in [0.29, 0.717) is 13.2 Å². The highest BCUT2D eigenvalue weighted by Crippen LogP contribution is 2.23. The maximum atomic E-state index is 12.6. The lowest BCUT2D eigenvalue weighted by Gasteiger charge is -2.25. The Balaban J connectivity index is 2.13. The van der Waals surface area contributed by atoms with E-state index < -0.39 is 0 Å². The van der Waals surface area contributed by atoms with Crippen LogP contribution < -0.4 is 10.2 Å². The first-order valence-corrected chi connectivity index (χ1v) is 6.79. The van der Waals surface area contributed by atoms with Crippen molar-refractivity contribution >= 4 is 11.6 Å². The quantitative estimate of drug-likeness (QED) is 0.896. The summed E-state index contributed by atoms with van der Waals surface area (Å²) in [6.07, 6.45) is 0. The second-order valence-corrected chi connectivity index (χ2v) is 4.99. The normalized spacial score (nSPS) is 22.5. The summed E-state index contributed by atoms with van der Waals surface area (Å²) in [6, 6.07) is 8.07. The summed E-state index contributed by atoms with van der Waals surface area (Å²) in [4.78, 5) is 14.3. The van der Waals surface area contributed by atoms with E-state index in [1.807, 2.05) is 45.2 Å². The van der Waals surface area contributed by atoms with E-state index in [4.69, 9.17) is 4.74 Å². The molecule has 1 heterocycles. The van der Waals surface area contributed by atoms with Gasteiger partial charge >= 0.3 is 0 Å². The second kappa shape index (κ2) is 6.17. The molecule has 0 saturated carbocycles. The lowest BCUT2D eigenvalue weighted by Crippen LogP contribution is -2.44. The number of nitrogens with zero attached hydrogens (tertiary/aromatic N) is 1. The summed E-state index contributed by atoms with van der Waals surface area (Å²) in [5.74, 6) is 0.0299. The topological polar surface area (TPSA) is 41.6 Å². The molecule has 4 heteroatoms. The smallest absolute Gasteiger partial charge is 0.233 e. The number of nitrogens with one attached hydrogen (secondary N) is 1. The van der Waals surface area contributed by atoms with Crippen LogP contribution in [-0.2, 0) is 9.53 Å². The number of carbonyl (C=O) groups excluding carboxylic acids is 1. The number of amides is 1. The van der Waals surface area contributed by atoms with E-state index in [-0.39, 0.29) is 17.9 Å². The first kappa shape index (κ1) is 14.0. The Morgan fingerprint density at radius 3 is 2.84 bits per heavy atom. The average Bonchev–Trinajstić information content (AvgIpc) is 2.86. The van der Waals surface area contributed by atoms with Crippen molar-refractivity contribution in [2.24, 2.45) is 5.92 Å². The molecule has 2 atom stereocenters. The molecule has 0 radical (unpaired) electrons. The molecule has 1 aliphatic heterocycles. The Hall–Kier alpha value is -1.39. The van der Waals surface area contributed by atoms with Crippen molar-refractivity contribution in [1.29, 1.82) is 0 Å². The SMILES string of the molecule is CCNC1COCC1C(=O)N(C)c1ccccc1C. The molecule has 0 spiro atoms. The van der Waals surface area contributed by atoms with Gasteiger partial charge in [-0.25, -0.2) is 0 Å². The maximum absolute atomic E-state index is 12.6. The van der Waals surface area contributed by atoms with Crippen molar-refractivity contribution in [2.75, 3.05) is 31.7 Å². The molecule has 0 bridgehead atoms. The van der Waals surface area contributed by atoms with Gasteiger partial charge in [0.15, 0.2) is 0 Å². The van der Waals surface area contributed by atoms with Crippen LogP contribution in [0.4, 0.5) is 5.69 Å². The van der Waals surface area contributed by atoms with Crippen molar-refractivity contribution in [3.8, 4) is 0 Å². The van der Waals surface area contributed by atoms with E-state index in [2.05, 4.69) is 5.32 Å². The molecular formula is C15H22N2O2. The van der Waals surface area contributed by atoms with Crippen molar-refractivity contribution in [2.45, 2.75) is 19.9 Å². The van der Waals surface area contributed by atoms with Gasteiger partial charge in [-0.2, -0.15) is 0 Å². The first-order chi connectivity index (χ1) is 9.15. The molecule has 104 valence electrons. The third kappa shape index (κ3) is 2.96. The van der Waals surface area contributed by atoms with Gasteiger partial charge in [0.25, 0.3) is 0 Å². The number of rotatable bonds is 4. The van der Waals surface area contributed by atoms with Gasteiger partial charge in [-0.1, -0.05) is 25.1 Å². The van der Waals surface area contributed by atoms with Gasteiger partial charge in [-0.05, 0) is 25.1 Å². The third-order valence-corrected chi connectivity index (χ3v) is 3.67. The number of benzene rings is 1. The number of likely N-dealkylation sites (N-methyl/N-ethyl adjacent to an activating group) is 1. The third-order valence-electron chi connectivity index (χ3n) is 3.67. The zero-order valence-corrected chi connectivity index (χ0v) is 11.8. The molecule has 1 amide bonds. The van der Waals surface area contributed by atoms with E-state index in [1.54, 1.807) is 4.90 Å². The molecule has 1 aromatic rings. The fourth-order valence-corrected chi connectivity index (χ4v) is 2.57. The van der Waals surface area contributed by atoms with Gasteiger partial charge in [0.05, 0.1) is 19.1 Å². The zero-order valence-electron chi connectivity index (χ0n) is 11.8. The van der Waals surface area contributed by atoms with Crippen LogP contribution in [0.5, 0.6) is 0 Å². The minimum absolute atomic E-state index is 0.0930. The van der Waals surface area contributed by atoms with Gasteiger partial charge < -0.3 is 15.0 Å². The molecule has 1 fully saturated rings. The summed E-state index contributed by atoms with van der Waals surface area (Å²) in [5, 5.41) is 3.32. The highest BCUT2D eigenvalue weighted by molar-refractivity contribution is 5.95. The van der Waals surface area contributed by atoms with Crippen molar-refractivity contribution in [1.82, 2.24) is 5.32 Å². The van der Waals surface area contributed by atoms with Gasteiger partial charge in [-0.3, -0.25) is 4.79 Å². The molecule has 2 rings (SSSR count). The number of hydrogen-bond acceptors (Lipinski definition) is 3. The van der Waals surface area contributed by atoms with Crippen LogP contribution in [0.2, 0.25) is 0 Å². The molecule has 19 heavy (non-hydrogen) atoms. The van der Waals surface area contributed by atoms with Crippen LogP contribution in [0.1, 0.15) is 12.5 Å². The predicted molar refractivity (Wildman–Crippen MR) is 76.4 cm³/mol. The van der Waals surface area contributed by atoms with Crippen LogP contribution in [0.15, 0.2) is 24.3 Å². The Bertz CT molecular complexity index is 448. The summed E-state index contributed by atoms with van der Waals surface area (Å²) < 4.78 is 5.45. The van der Waals surface area contributed by atoms with Crippen molar-refractivity contribution < 1.29 is 9.53 Å². The minimum atomic E-state index is -0.0930. The number of hydrogen-bond donors (Lipinski definition) is 1. The zero-order chi connectivity index (χ0) is 13.8. The standard InChI is InChI=1S/C15H22N2O2/c1-4-16-13-10-19-9-12(13)15(18)17(3)14-8-6-5-7-11(14)2/h5-8,12-13,16H,4,9-10H2,1-3H3. The number of anilines is 1. The van der Waals surface area contributed by atoms with Crippen LogP contribution in [-0.4, -0.2) is 38.8 Å². The van der Waals surface area contributed by atoms with Crippen molar-refractivity contribution in [3.05, 3.63) is 29.8 Å². The number of para-hydroxylation sites is 1. The van der Waals surface area contributed by atoms with Crippen LogP contribution in [0.3, 0.4) is 0 Å². The first-order valence-electron chi connectivity index (χ1n) is 6.79. The predicted octanol–water partition coefficient (Wildman–Crippen LogP) is 1.58. The van der Waals surface area contributed by atoms with Gasteiger partial charge in [0.2, 0.25) is 5.91 Å². The van der Waals surface area contributed by atoms with E-state index in [0.717, 1.165) is 17.8 Å². The molecule has 0 aromatic heterocycles. The average molecular weight is 262 g/mol. The van der Waals surface area contributed by atoms with E-state index in [1.165, 1.54) is 0 Å². The van der Waals surface area contributed by atoms with Gasteiger partial charge in [0, 0.05) is 18.8 Å². The fraction of sp³-hybridized carbons (Fsp3) is 0.533. The van der Waals surface area contributed by atoms with E-state index in [9.17, 15) is 4.79 Å². The largest absolute Gasteiger partial charge is 0.379 e. The molecule has 4 nitrogen and oxygen atoms in total. The lowest BCUT2D eigenvalue weighted by atomic mass is 10.0. The van der Waals surface area contributed by atoms with Crippen LogP contribution in [0, 0.1) is 12.8 Å². The molecule has 1 aromatic carbocycles. The van der Waals surface area contributed by atoms with E-state index >= 15 is 0 Å². The molecule has 1 N–H and O–H groups in total. The van der Waals surface area contributed by atoms with Crippen LogP contribution in [0.25, 0.3) is 0 Å². The van der Waals surface area contributed by atoms with Gasteiger partial charge in [0.1, 0.15) is 0 Å². The monoisotopic (exact) mass is 262 g/mol. The summed E-state index contributed by atoms with van der Waals surface area (Å²) >= 11 is 0. The molecule has 2 unspecified atom stereocenters. The number of aryl methyl sites for hydroxylation is 1. The fourth-order valence-electron chi connectivity index (χ4n) is 2.57. The summed E-state index contributed by atoms with van der Waals surface area (Å²) in [6.45, 7) is 6.04. The molecular weight excluding hydrogens is 240 g/mol. The molecule has 1 aliphatic rings. The number of ether oxygens (including phenoxy) is 1. The Morgan fingerprint density at radius 2 is 2.16 bits per heavy atom. The minimum Gasteiger partial charge on any atom is -0.379 e. The Kier molecular flexibility index (Phi) is 4.56. The Morgan fingerprint density at radius 1 is 1.42 bits per heavy atom. The molecule has 0 aliphatic carbocycles. The maximum Gasteiger partial charge on any atom is 0.233 e. The summed E-state index contributed by atoms with van der Waals surface area (Å²) in [5.41, 5.74) is 2.08. The second-order valence-electron chi connectivity index (χ2n) is 4.99. The molecule has 1 saturated heterocycles. The highest BCUT2D eigenvalue weighted by Gasteiger charge is 2.35. The lowest BCUT2D eigenvalue weighted by molar-refractivity contribution is -0.122. The van der Waals surface area contributed by atoms with Crippen LogP contribution >= 0.6 is 0 Å². The summed E-state index contributed by atoms with van der Waals surface area (Å²) in [7, 11) is 1.84. The van der Waals surface area contributed by atoms with Crippen molar-refractivity contribution in [3.63, 3.8) is 0 Å². The van der Waals surface area contributed by atoms with Gasteiger partial charge in [-0.15, -0.1) is 0 Å². The highest BCUT2D eigenvalue weighted by atomic mass is 16.5. The Labute approximate surface area is 114 Å².